The first-order valence-electron chi connectivity index (χ1n) is 15.6. The Bertz CT molecular complexity index is 522. The van der Waals surface area contributed by atoms with Gasteiger partial charge in [0.15, 0.2) is 0 Å². The predicted molar refractivity (Wildman–Crippen MR) is 156 cm³/mol. The van der Waals surface area contributed by atoms with E-state index in [9.17, 15) is 9.59 Å². The maximum atomic E-state index is 12.6. The van der Waals surface area contributed by atoms with Gasteiger partial charge in [0.25, 0.3) is 0 Å². The van der Waals surface area contributed by atoms with Crippen LogP contribution in [0.1, 0.15) is 155 Å². The Hall–Kier alpha value is -1.36. The zero-order chi connectivity index (χ0) is 26.5. The predicted octanol–water partition coefficient (Wildman–Crippen LogP) is 7.72. The summed E-state index contributed by atoms with van der Waals surface area (Å²) in [7, 11) is 0. The van der Waals surface area contributed by atoms with Crippen LogP contribution in [-0.2, 0) is 9.59 Å². The number of hydrogen-bond donors (Lipinski definition) is 3. The Morgan fingerprint density at radius 2 is 1.19 bits per heavy atom. The van der Waals surface area contributed by atoms with Crippen LogP contribution in [0.4, 0.5) is 0 Å². The van der Waals surface area contributed by atoms with Crippen molar-refractivity contribution < 1.29 is 9.59 Å². The van der Waals surface area contributed by atoms with Crippen LogP contribution in [-0.4, -0.2) is 30.9 Å². The van der Waals surface area contributed by atoms with Gasteiger partial charge in [-0.15, -0.1) is 0 Å². The third-order valence-electron chi connectivity index (χ3n) is 6.84. The number of amides is 2. The van der Waals surface area contributed by atoms with Gasteiger partial charge in [0, 0.05) is 13.0 Å². The third kappa shape index (κ3) is 24.3. The van der Waals surface area contributed by atoms with Gasteiger partial charge in [-0.2, -0.15) is 0 Å². The quantitative estimate of drug-likeness (QED) is 0.0785. The number of carbonyl (C=O) groups excluding carboxylic acids is 2. The lowest BCUT2D eigenvalue weighted by atomic mass is 10.1. The van der Waals surface area contributed by atoms with Crippen molar-refractivity contribution in [3.63, 3.8) is 0 Å². The summed E-state index contributed by atoms with van der Waals surface area (Å²) < 4.78 is 0. The van der Waals surface area contributed by atoms with E-state index in [0.717, 1.165) is 38.5 Å². The lowest BCUT2D eigenvalue weighted by Gasteiger charge is -2.18. The fourth-order valence-electron chi connectivity index (χ4n) is 4.45. The molecule has 0 aromatic heterocycles. The van der Waals surface area contributed by atoms with Crippen molar-refractivity contribution in [1.29, 1.82) is 0 Å². The van der Waals surface area contributed by atoms with Crippen LogP contribution >= 0.6 is 0 Å². The molecule has 0 aliphatic rings. The lowest BCUT2D eigenvalue weighted by molar-refractivity contribution is -0.129. The Morgan fingerprint density at radius 1 is 0.667 bits per heavy atom. The molecular weight excluding hydrogens is 446 g/mol. The number of carbonyl (C=O) groups is 2. The minimum absolute atomic E-state index is 0.00321. The van der Waals surface area contributed by atoms with Gasteiger partial charge in [0.1, 0.15) is 6.04 Å². The van der Waals surface area contributed by atoms with Crippen molar-refractivity contribution in [2.45, 2.75) is 161 Å². The van der Waals surface area contributed by atoms with E-state index < -0.39 is 6.04 Å². The van der Waals surface area contributed by atoms with Gasteiger partial charge in [0.05, 0.1) is 0 Å². The molecule has 5 heteroatoms. The van der Waals surface area contributed by atoms with E-state index in [4.69, 9.17) is 5.73 Å². The number of unbranched alkanes of at least 4 members (excludes halogenated alkanes) is 16. The lowest BCUT2D eigenvalue weighted by Crippen LogP contribution is -2.47. The topological polar surface area (TPSA) is 84.2 Å². The van der Waals surface area contributed by atoms with Gasteiger partial charge >= 0.3 is 0 Å². The fourth-order valence-corrected chi connectivity index (χ4v) is 4.45. The molecule has 5 nitrogen and oxygen atoms in total. The van der Waals surface area contributed by atoms with Crippen LogP contribution in [0.2, 0.25) is 0 Å². The van der Waals surface area contributed by atoms with E-state index in [2.05, 4.69) is 36.6 Å². The molecule has 212 valence electrons. The smallest absolute Gasteiger partial charge is 0.242 e. The summed E-state index contributed by atoms with van der Waals surface area (Å²) in [6.07, 6.45) is 29.7. The standard InChI is InChI=1S/C31H61N3O2/c1-3-5-7-9-10-11-12-13-14-15-16-17-18-19-21-26-30(35)34-29(25-22-23-27-32)31(36)33-28-24-20-8-6-4-2/h13-14,29H,3-12,15-28,32H2,1-2H3,(H,33,36)(H,34,35)/b14-13-. The van der Waals surface area contributed by atoms with Gasteiger partial charge in [-0.3, -0.25) is 9.59 Å². The van der Waals surface area contributed by atoms with E-state index >= 15 is 0 Å². The molecule has 0 aromatic rings. The van der Waals surface area contributed by atoms with E-state index in [0.29, 0.717) is 25.9 Å². The van der Waals surface area contributed by atoms with Gasteiger partial charge in [0.2, 0.25) is 11.8 Å². The van der Waals surface area contributed by atoms with E-state index in [-0.39, 0.29) is 11.8 Å². The molecular formula is C31H61N3O2. The number of nitrogens with two attached hydrogens (primary N) is 1. The van der Waals surface area contributed by atoms with Crippen LogP contribution in [0.3, 0.4) is 0 Å². The minimum Gasteiger partial charge on any atom is -0.354 e. The largest absolute Gasteiger partial charge is 0.354 e. The highest BCUT2D eigenvalue weighted by Gasteiger charge is 2.19. The molecule has 0 aliphatic heterocycles. The fraction of sp³-hybridized carbons (Fsp3) is 0.871. The maximum absolute atomic E-state index is 12.6. The second kappa shape index (κ2) is 28.2. The number of allylic oxidation sites excluding steroid dienone is 2. The monoisotopic (exact) mass is 507 g/mol. The molecule has 0 aliphatic carbocycles. The van der Waals surface area contributed by atoms with E-state index in [1.54, 1.807) is 0 Å². The summed E-state index contributed by atoms with van der Waals surface area (Å²) in [5, 5.41) is 6.01. The van der Waals surface area contributed by atoms with Gasteiger partial charge in [-0.1, -0.05) is 103 Å². The Morgan fingerprint density at radius 3 is 1.78 bits per heavy atom. The van der Waals surface area contributed by atoms with Crippen molar-refractivity contribution in [3.8, 4) is 0 Å². The van der Waals surface area contributed by atoms with E-state index in [1.165, 1.54) is 89.9 Å². The average Bonchev–Trinajstić information content (AvgIpc) is 2.87. The molecule has 0 saturated carbocycles. The third-order valence-corrected chi connectivity index (χ3v) is 6.84. The van der Waals surface area contributed by atoms with Crippen LogP contribution < -0.4 is 16.4 Å². The molecule has 36 heavy (non-hydrogen) atoms. The average molecular weight is 508 g/mol. The van der Waals surface area contributed by atoms with Gasteiger partial charge in [-0.25, -0.2) is 0 Å². The summed E-state index contributed by atoms with van der Waals surface area (Å²) >= 11 is 0. The summed E-state index contributed by atoms with van der Waals surface area (Å²) in [4.78, 5) is 25.1. The van der Waals surface area contributed by atoms with Crippen LogP contribution in [0.15, 0.2) is 12.2 Å². The highest BCUT2D eigenvalue weighted by Crippen LogP contribution is 2.10. The molecule has 0 spiro atoms. The van der Waals surface area contributed by atoms with Crippen LogP contribution in [0.25, 0.3) is 0 Å². The van der Waals surface area contributed by atoms with Gasteiger partial charge < -0.3 is 16.4 Å². The Kier molecular flexibility index (Phi) is 27.1. The molecule has 0 aromatic carbocycles. The molecule has 1 atom stereocenters. The van der Waals surface area contributed by atoms with Crippen molar-refractivity contribution in [3.05, 3.63) is 12.2 Å². The second-order valence-corrected chi connectivity index (χ2v) is 10.4. The number of nitrogens with one attached hydrogen (secondary N) is 2. The summed E-state index contributed by atoms with van der Waals surface area (Å²) in [5.41, 5.74) is 5.61. The first-order chi connectivity index (χ1) is 17.7. The zero-order valence-corrected chi connectivity index (χ0v) is 24.1. The molecule has 4 N–H and O–H groups in total. The summed E-state index contributed by atoms with van der Waals surface area (Å²) in [5.74, 6) is -0.0381. The van der Waals surface area contributed by atoms with Crippen LogP contribution in [0, 0.1) is 0 Å². The Balaban J connectivity index is 3.87. The van der Waals surface area contributed by atoms with Crippen LogP contribution in [0.5, 0.6) is 0 Å². The number of hydrogen-bond acceptors (Lipinski definition) is 3. The molecule has 0 saturated heterocycles. The molecule has 0 rings (SSSR count). The summed E-state index contributed by atoms with van der Waals surface area (Å²) in [6.45, 7) is 5.78. The van der Waals surface area contributed by atoms with E-state index in [1.807, 2.05) is 0 Å². The highest BCUT2D eigenvalue weighted by atomic mass is 16.2. The molecule has 0 bridgehead atoms. The molecule has 0 fully saturated rings. The maximum Gasteiger partial charge on any atom is 0.242 e. The van der Waals surface area contributed by atoms with Gasteiger partial charge in [-0.05, 0) is 64.3 Å². The van der Waals surface area contributed by atoms with Crippen molar-refractivity contribution in [2.24, 2.45) is 5.73 Å². The highest BCUT2D eigenvalue weighted by molar-refractivity contribution is 5.87. The first kappa shape index (κ1) is 34.6. The second-order valence-electron chi connectivity index (χ2n) is 10.4. The first-order valence-corrected chi connectivity index (χ1v) is 15.6. The zero-order valence-electron chi connectivity index (χ0n) is 24.1. The molecule has 0 radical (unpaired) electrons. The Labute approximate surface area is 224 Å². The SMILES string of the molecule is CCCCCCCC/C=C\CCCCCCCC(=O)NC(CCCCN)C(=O)NCCCCCCC. The molecule has 1 unspecified atom stereocenters. The van der Waals surface area contributed by atoms with Crippen molar-refractivity contribution >= 4 is 11.8 Å². The molecule has 0 heterocycles. The minimum atomic E-state index is -0.428. The summed E-state index contributed by atoms with van der Waals surface area (Å²) in [6, 6.07) is -0.428. The normalized spacial score (nSPS) is 12.2. The van der Waals surface area contributed by atoms with Crippen molar-refractivity contribution in [1.82, 2.24) is 10.6 Å². The number of rotatable bonds is 27. The molecule has 2 amide bonds. The van der Waals surface area contributed by atoms with Crippen molar-refractivity contribution in [2.75, 3.05) is 13.1 Å².